The Kier molecular flexibility index (Phi) is 2.32. The molecular formula is C9H6BrN3S. The topological polar surface area (TPSA) is 65.6 Å². The number of nitrogens with zero attached hydrogens (tertiary/aromatic N) is 1. The summed E-state index contributed by atoms with van der Waals surface area (Å²) < 4.78 is 1.04. The first kappa shape index (κ1) is 9.31. The molecule has 0 spiro atoms. The average molecular weight is 268 g/mol. The highest BCUT2D eigenvalue weighted by atomic mass is 79.9. The number of rotatable bonds is 1. The Morgan fingerprint density at radius 2 is 2.29 bits per heavy atom. The number of halogens is 1. The molecule has 2 rings (SSSR count). The molecule has 3 N–H and O–H groups in total. The van der Waals surface area contributed by atoms with Crippen molar-refractivity contribution in [2.45, 2.75) is 0 Å². The number of nitrogens with two attached hydrogens (primary N) is 1. The van der Waals surface area contributed by atoms with Crippen molar-refractivity contribution in [2.75, 3.05) is 5.73 Å². The molecule has 0 radical (unpaired) electrons. The number of H-pyrrole nitrogens is 1. The minimum absolute atomic E-state index is 0.423. The number of thiophene rings is 1. The lowest BCUT2D eigenvalue weighted by Crippen LogP contribution is -1.86. The maximum absolute atomic E-state index is 8.90. The lowest BCUT2D eigenvalue weighted by molar-refractivity contribution is 1.41. The van der Waals surface area contributed by atoms with Gasteiger partial charge in [0.05, 0.1) is 3.79 Å². The van der Waals surface area contributed by atoms with Gasteiger partial charge in [0.15, 0.2) is 0 Å². The van der Waals surface area contributed by atoms with E-state index in [1.807, 2.05) is 12.1 Å². The first-order chi connectivity index (χ1) is 6.72. The summed E-state index contributed by atoms with van der Waals surface area (Å²) in [7, 11) is 0. The molecule has 0 aromatic carbocycles. The quantitative estimate of drug-likeness (QED) is 0.835. The minimum Gasteiger partial charge on any atom is -0.384 e. The number of aromatic amines is 1. The third-order valence-electron chi connectivity index (χ3n) is 1.86. The van der Waals surface area contributed by atoms with Crippen LogP contribution in [0.2, 0.25) is 0 Å². The highest BCUT2D eigenvalue weighted by Crippen LogP contribution is 2.34. The van der Waals surface area contributed by atoms with E-state index < -0.39 is 0 Å². The Morgan fingerprint density at radius 1 is 1.50 bits per heavy atom. The molecule has 0 aliphatic carbocycles. The number of hydrogen-bond acceptors (Lipinski definition) is 3. The van der Waals surface area contributed by atoms with Crippen molar-refractivity contribution < 1.29 is 0 Å². The predicted octanol–water partition coefficient (Wildman–Crippen LogP) is 2.96. The Hall–Kier alpha value is -1.25. The van der Waals surface area contributed by atoms with Gasteiger partial charge in [0, 0.05) is 16.6 Å². The molecule has 0 fully saturated rings. The van der Waals surface area contributed by atoms with Crippen molar-refractivity contribution >= 4 is 33.1 Å². The molecular weight excluding hydrogens is 262 g/mol. The summed E-state index contributed by atoms with van der Waals surface area (Å²) in [5.74, 6) is 0.423. The molecule has 0 aliphatic rings. The molecule has 3 nitrogen and oxygen atoms in total. The molecule has 2 aromatic heterocycles. The second-order valence-electron chi connectivity index (χ2n) is 2.71. The van der Waals surface area contributed by atoms with Crippen molar-refractivity contribution in [3.05, 3.63) is 27.7 Å². The number of nitrogens with one attached hydrogen (secondary N) is 1. The van der Waals surface area contributed by atoms with Crippen LogP contribution in [0.25, 0.3) is 10.4 Å². The molecule has 0 bridgehead atoms. The maximum atomic E-state index is 8.90. The van der Waals surface area contributed by atoms with Crippen molar-refractivity contribution in [1.82, 2.24) is 4.98 Å². The summed E-state index contributed by atoms with van der Waals surface area (Å²) in [5, 5.41) is 8.90. The number of hydrogen-bond donors (Lipinski definition) is 2. The van der Waals surface area contributed by atoms with Gasteiger partial charge in [-0.05, 0) is 28.1 Å². The summed E-state index contributed by atoms with van der Waals surface area (Å²) in [6, 6.07) is 5.99. The maximum Gasteiger partial charge on any atom is 0.119 e. The van der Waals surface area contributed by atoms with Gasteiger partial charge in [0.25, 0.3) is 0 Å². The standard InChI is InChI=1S/C9H6BrN3S/c10-8-2-1-7(14-8)6-4-13-9(12)5(6)3-11/h1-2,4,13H,12H2. The van der Waals surface area contributed by atoms with Gasteiger partial charge in [0.1, 0.15) is 17.5 Å². The lowest BCUT2D eigenvalue weighted by Gasteiger charge is -1.91. The molecule has 70 valence electrons. The van der Waals surface area contributed by atoms with Gasteiger partial charge in [-0.3, -0.25) is 0 Å². The molecule has 0 aliphatic heterocycles. The van der Waals surface area contributed by atoms with E-state index in [4.69, 9.17) is 11.0 Å². The van der Waals surface area contributed by atoms with Gasteiger partial charge in [-0.25, -0.2) is 0 Å². The molecule has 14 heavy (non-hydrogen) atoms. The second-order valence-corrected chi connectivity index (χ2v) is 5.17. The van der Waals surface area contributed by atoms with Crippen molar-refractivity contribution in [1.29, 1.82) is 5.26 Å². The number of anilines is 1. The van der Waals surface area contributed by atoms with Crippen LogP contribution in [0, 0.1) is 11.3 Å². The molecule has 5 heteroatoms. The van der Waals surface area contributed by atoms with Crippen molar-refractivity contribution in [3.63, 3.8) is 0 Å². The van der Waals surface area contributed by atoms with E-state index in [0.29, 0.717) is 11.4 Å². The van der Waals surface area contributed by atoms with Crippen molar-refractivity contribution in [3.8, 4) is 16.5 Å². The van der Waals surface area contributed by atoms with Crippen LogP contribution in [0.1, 0.15) is 5.56 Å². The molecule has 2 aromatic rings. The monoisotopic (exact) mass is 267 g/mol. The van der Waals surface area contributed by atoms with E-state index in [-0.39, 0.29) is 0 Å². The Bertz CT molecular complexity index is 506. The Balaban J connectivity index is 2.58. The van der Waals surface area contributed by atoms with Crippen LogP contribution in [0.3, 0.4) is 0 Å². The van der Waals surface area contributed by atoms with Crippen LogP contribution in [-0.2, 0) is 0 Å². The zero-order valence-corrected chi connectivity index (χ0v) is 9.45. The van der Waals surface area contributed by atoms with Crippen LogP contribution in [0.15, 0.2) is 22.1 Å². The van der Waals surface area contributed by atoms with Crippen LogP contribution >= 0.6 is 27.3 Å². The largest absolute Gasteiger partial charge is 0.384 e. The van der Waals surface area contributed by atoms with Gasteiger partial charge < -0.3 is 10.7 Å². The highest BCUT2D eigenvalue weighted by molar-refractivity contribution is 9.11. The number of aromatic nitrogens is 1. The fraction of sp³-hybridized carbons (Fsp3) is 0. The minimum atomic E-state index is 0.423. The van der Waals surface area contributed by atoms with Gasteiger partial charge in [0.2, 0.25) is 0 Å². The summed E-state index contributed by atoms with van der Waals surface area (Å²) in [6.07, 6.45) is 1.76. The van der Waals surface area contributed by atoms with E-state index >= 15 is 0 Å². The summed E-state index contributed by atoms with van der Waals surface area (Å²) in [4.78, 5) is 3.87. The average Bonchev–Trinajstić information content (AvgIpc) is 2.71. The van der Waals surface area contributed by atoms with E-state index in [1.165, 1.54) is 0 Å². The fourth-order valence-electron chi connectivity index (χ4n) is 1.21. The molecule has 0 saturated carbocycles. The first-order valence-electron chi connectivity index (χ1n) is 3.85. The molecule has 0 saturated heterocycles. The van der Waals surface area contributed by atoms with E-state index in [1.54, 1.807) is 17.5 Å². The first-order valence-corrected chi connectivity index (χ1v) is 5.46. The smallest absolute Gasteiger partial charge is 0.119 e. The van der Waals surface area contributed by atoms with Gasteiger partial charge in [-0.2, -0.15) is 5.26 Å². The molecule has 0 amide bonds. The molecule has 0 atom stereocenters. The molecule has 0 unspecified atom stereocenters. The van der Waals surface area contributed by atoms with Gasteiger partial charge in [-0.1, -0.05) is 0 Å². The summed E-state index contributed by atoms with van der Waals surface area (Å²) in [6.45, 7) is 0. The summed E-state index contributed by atoms with van der Waals surface area (Å²) in [5.41, 5.74) is 6.99. The Morgan fingerprint density at radius 3 is 2.86 bits per heavy atom. The lowest BCUT2D eigenvalue weighted by atomic mass is 10.2. The van der Waals surface area contributed by atoms with Crippen LogP contribution in [-0.4, -0.2) is 4.98 Å². The number of nitriles is 1. The van der Waals surface area contributed by atoms with Crippen LogP contribution < -0.4 is 5.73 Å². The van der Waals surface area contributed by atoms with Crippen molar-refractivity contribution in [2.24, 2.45) is 0 Å². The summed E-state index contributed by atoms with van der Waals surface area (Å²) >= 11 is 4.95. The fourth-order valence-corrected chi connectivity index (χ4v) is 2.62. The van der Waals surface area contributed by atoms with Crippen LogP contribution in [0.4, 0.5) is 5.82 Å². The van der Waals surface area contributed by atoms with E-state index in [2.05, 4.69) is 27.0 Å². The highest BCUT2D eigenvalue weighted by Gasteiger charge is 2.11. The molecule has 2 heterocycles. The normalized spacial score (nSPS) is 10.0. The van der Waals surface area contributed by atoms with E-state index in [0.717, 1.165) is 14.2 Å². The SMILES string of the molecule is N#Cc1c(-c2ccc(Br)s2)c[nH]c1N. The third-order valence-corrected chi connectivity index (χ3v) is 3.52. The zero-order valence-electron chi connectivity index (χ0n) is 7.04. The van der Waals surface area contributed by atoms with Crippen LogP contribution in [0.5, 0.6) is 0 Å². The predicted molar refractivity (Wildman–Crippen MR) is 60.9 cm³/mol. The third kappa shape index (κ3) is 1.43. The number of nitrogen functional groups attached to an aromatic ring is 1. The second kappa shape index (κ2) is 3.48. The van der Waals surface area contributed by atoms with Gasteiger partial charge >= 0.3 is 0 Å². The van der Waals surface area contributed by atoms with E-state index in [9.17, 15) is 0 Å². The van der Waals surface area contributed by atoms with Gasteiger partial charge in [-0.15, -0.1) is 11.3 Å². The zero-order chi connectivity index (χ0) is 10.1. The Labute approximate surface area is 93.3 Å².